The molecular formula is C26H27N5O4. The number of carboxylic acid groups (broad SMARTS) is 1. The van der Waals surface area contributed by atoms with Crippen molar-refractivity contribution < 1.29 is 19.1 Å². The molecule has 9 nitrogen and oxygen atoms in total. The Morgan fingerprint density at radius 1 is 1.11 bits per heavy atom. The fourth-order valence-corrected chi connectivity index (χ4v) is 3.81. The smallest absolute Gasteiger partial charge is 0.304 e. The summed E-state index contributed by atoms with van der Waals surface area (Å²) in [6.45, 7) is 3.81. The van der Waals surface area contributed by atoms with Gasteiger partial charge in [0.25, 0.3) is 0 Å². The highest BCUT2D eigenvalue weighted by molar-refractivity contribution is 5.94. The third-order valence-corrected chi connectivity index (χ3v) is 5.97. The SMILES string of the molecule is Cc1ccncc1N(C)c1nc2ccc(CC(=O)N(C)c3ccc(C(C)CC(=O)O)nc3)cc2o1. The number of amides is 1. The first-order valence-electron chi connectivity index (χ1n) is 11.2. The Kier molecular flexibility index (Phi) is 6.77. The number of carbonyl (C=O) groups excluding carboxylic acids is 1. The molecule has 0 aliphatic heterocycles. The molecular weight excluding hydrogens is 446 g/mol. The normalized spacial score (nSPS) is 11.9. The first-order chi connectivity index (χ1) is 16.7. The molecule has 0 aliphatic rings. The molecule has 1 unspecified atom stereocenters. The summed E-state index contributed by atoms with van der Waals surface area (Å²) < 4.78 is 5.98. The van der Waals surface area contributed by atoms with Crippen molar-refractivity contribution in [2.45, 2.75) is 32.6 Å². The van der Waals surface area contributed by atoms with Crippen molar-refractivity contribution in [2.75, 3.05) is 23.9 Å². The van der Waals surface area contributed by atoms with Gasteiger partial charge in [-0.15, -0.1) is 0 Å². The van der Waals surface area contributed by atoms with E-state index in [9.17, 15) is 9.59 Å². The summed E-state index contributed by atoms with van der Waals surface area (Å²) in [6.07, 6.45) is 5.28. The van der Waals surface area contributed by atoms with Crippen molar-refractivity contribution in [1.82, 2.24) is 15.0 Å². The summed E-state index contributed by atoms with van der Waals surface area (Å²) in [5, 5.41) is 8.96. The summed E-state index contributed by atoms with van der Waals surface area (Å²) in [4.78, 5) is 40.3. The van der Waals surface area contributed by atoms with E-state index in [1.54, 1.807) is 37.8 Å². The van der Waals surface area contributed by atoms with E-state index in [2.05, 4.69) is 15.0 Å². The van der Waals surface area contributed by atoms with Crippen molar-refractivity contribution >= 4 is 40.4 Å². The zero-order chi connectivity index (χ0) is 25.1. The van der Waals surface area contributed by atoms with Gasteiger partial charge in [0.15, 0.2) is 5.58 Å². The van der Waals surface area contributed by atoms with E-state index < -0.39 is 5.97 Å². The van der Waals surface area contributed by atoms with Crippen LogP contribution in [0.4, 0.5) is 17.4 Å². The molecule has 0 spiro atoms. The summed E-state index contributed by atoms with van der Waals surface area (Å²) in [5.41, 5.74) is 5.36. The number of pyridine rings is 2. The van der Waals surface area contributed by atoms with Crippen molar-refractivity contribution in [2.24, 2.45) is 0 Å². The molecule has 9 heteroatoms. The lowest BCUT2D eigenvalue weighted by atomic mass is 10.0. The first kappa shape index (κ1) is 23.9. The van der Waals surface area contributed by atoms with Gasteiger partial charge in [-0.1, -0.05) is 13.0 Å². The van der Waals surface area contributed by atoms with Gasteiger partial charge in [-0.25, -0.2) is 0 Å². The van der Waals surface area contributed by atoms with E-state index in [0.29, 0.717) is 28.5 Å². The van der Waals surface area contributed by atoms with Crippen LogP contribution in [-0.2, 0) is 16.0 Å². The minimum Gasteiger partial charge on any atom is -0.481 e. The van der Waals surface area contributed by atoms with Crippen LogP contribution >= 0.6 is 0 Å². The lowest BCUT2D eigenvalue weighted by Crippen LogP contribution is -2.28. The van der Waals surface area contributed by atoms with Gasteiger partial charge in [0.2, 0.25) is 5.91 Å². The predicted octanol–water partition coefficient (Wildman–Crippen LogP) is 4.48. The van der Waals surface area contributed by atoms with Crippen LogP contribution < -0.4 is 9.80 Å². The number of anilines is 3. The number of carbonyl (C=O) groups is 2. The Bertz CT molecular complexity index is 1370. The van der Waals surface area contributed by atoms with E-state index in [0.717, 1.165) is 16.8 Å². The molecule has 0 aliphatic carbocycles. The quantitative estimate of drug-likeness (QED) is 0.399. The number of aliphatic carboxylic acids is 1. The Balaban J connectivity index is 1.46. The Labute approximate surface area is 203 Å². The van der Waals surface area contributed by atoms with E-state index >= 15 is 0 Å². The number of fused-ring (bicyclic) bond motifs is 1. The number of benzene rings is 1. The van der Waals surface area contributed by atoms with Gasteiger partial charge < -0.3 is 14.4 Å². The number of carboxylic acids is 1. The Hall–Kier alpha value is -4.27. The molecule has 1 aromatic carbocycles. The van der Waals surface area contributed by atoms with Gasteiger partial charge in [-0.3, -0.25) is 24.5 Å². The third kappa shape index (κ3) is 5.29. The molecule has 35 heavy (non-hydrogen) atoms. The Morgan fingerprint density at radius 3 is 2.60 bits per heavy atom. The van der Waals surface area contributed by atoms with Gasteiger partial charge in [0.1, 0.15) is 5.52 Å². The zero-order valence-corrected chi connectivity index (χ0v) is 20.1. The molecule has 1 amide bonds. The lowest BCUT2D eigenvalue weighted by molar-refractivity contribution is -0.137. The second-order valence-electron chi connectivity index (χ2n) is 8.59. The van der Waals surface area contributed by atoms with Gasteiger partial charge in [0.05, 0.1) is 36.6 Å². The van der Waals surface area contributed by atoms with Gasteiger partial charge in [-0.2, -0.15) is 4.98 Å². The number of hydrogen-bond donors (Lipinski definition) is 1. The Morgan fingerprint density at radius 2 is 1.91 bits per heavy atom. The number of likely N-dealkylation sites (N-methyl/N-ethyl adjacent to an activating group) is 1. The minimum absolute atomic E-state index is 0.00454. The van der Waals surface area contributed by atoms with Crippen LogP contribution in [0.2, 0.25) is 0 Å². The number of nitrogens with zero attached hydrogens (tertiary/aromatic N) is 5. The molecule has 1 atom stereocenters. The highest BCUT2D eigenvalue weighted by atomic mass is 16.4. The monoisotopic (exact) mass is 473 g/mol. The number of aryl methyl sites for hydroxylation is 1. The van der Waals surface area contributed by atoms with Gasteiger partial charge in [0, 0.05) is 31.9 Å². The van der Waals surface area contributed by atoms with Crippen molar-refractivity contribution in [1.29, 1.82) is 0 Å². The molecule has 0 fully saturated rings. The standard InChI is InChI=1S/C26H27N5O4/c1-16-9-10-27-15-22(16)31(4)26-29-21-7-5-18(12-23(21)35-26)13-24(32)30(3)19-6-8-20(28-14-19)17(2)11-25(33)34/h5-10,12,14-15,17H,11,13H2,1-4H3,(H,33,34). The minimum atomic E-state index is -0.870. The highest BCUT2D eigenvalue weighted by Crippen LogP contribution is 2.29. The molecule has 1 N–H and O–H groups in total. The van der Waals surface area contributed by atoms with Crippen LogP contribution in [0, 0.1) is 6.92 Å². The zero-order valence-electron chi connectivity index (χ0n) is 20.1. The maximum atomic E-state index is 12.9. The summed E-state index contributed by atoms with van der Waals surface area (Å²) in [7, 11) is 3.56. The maximum Gasteiger partial charge on any atom is 0.304 e. The summed E-state index contributed by atoms with van der Waals surface area (Å²) >= 11 is 0. The van der Waals surface area contributed by atoms with Crippen molar-refractivity contribution in [3.63, 3.8) is 0 Å². The van der Waals surface area contributed by atoms with Gasteiger partial charge >= 0.3 is 12.0 Å². The average Bonchev–Trinajstić information content (AvgIpc) is 3.26. The van der Waals surface area contributed by atoms with E-state index in [1.807, 2.05) is 50.1 Å². The van der Waals surface area contributed by atoms with Gasteiger partial charge in [-0.05, 0) is 48.4 Å². The highest BCUT2D eigenvalue weighted by Gasteiger charge is 2.17. The molecule has 0 saturated heterocycles. The molecule has 4 aromatic rings. The largest absolute Gasteiger partial charge is 0.481 e. The van der Waals surface area contributed by atoms with Crippen LogP contribution in [0.1, 0.15) is 36.1 Å². The van der Waals surface area contributed by atoms with Crippen LogP contribution in [0.3, 0.4) is 0 Å². The maximum absolute atomic E-state index is 12.9. The average molecular weight is 474 g/mol. The molecule has 0 radical (unpaired) electrons. The first-order valence-corrected chi connectivity index (χ1v) is 11.2. The van der Waals surface area contributed by atoms with Crippen molar-refractivity contribution in [3.05, 3.63) is 71.8 Å². The van der Waals surface area contributed by atoms with Crippen molar-refractivity contribution in [3.8, 4) is 0 Å². The van der Waals surface area contributed by atoms with Crippen LogP contribution in [0.15, 0.2) is 59.4 Å². The molecule has 4 rings (SSSR count). The number of rotatable bonds is 8. The third-order valence-electron chi connectivity index (χ3n) is 5.97. The number of oxazole rings is 1. The van der Waals surface area contributed by atoms with E-state index in [1.165, 1.54) is 4.90 Å². The summed E-state index contributed by atoms with van der Waals surface area (Å²) in [6, 6.07) is 11.4. The predicted molar refractivity (Wildman–Crippen MR) is 133 cm³/mol. The molecule has 3 heterocycles. The second kappa shape index (κ2) is 9.92. The molecule has 3 aromatic heterocycles. The topological polar surface area (TPSA) is 113 Å². The van der Waals surface area contributed by atoms with E-state index in [4.69, 9.17) is 9.52 Å². The van der Waals surface area contributed by atoms with E-state index in [-0.39, 0.29) is 24.7 Å². The molecule has 0 saturated carbocycles. The molecule has 0 bridgehead atoms. The fourth-order valence-electron chi connectivity index (χ4n) is 3.81. The van der Waals surface area contributed by atoms with Crippen LogP contribution in [-0.4, -0.2) is 46.0 Å². The summed E-state index contributed by atoms with van der Waals surface area (Å²) in [5.74, 6) is -1.19. The second-order valence-corrected chi connectivity index (χ2v) is 8.59. The van der Waals surface area contributed by atoms with Crippen LogP contribution in [0.25, 0.3) is 11.1 Å². The molecule has 180 valence electrons. The number of hydrogen-bond acceptors (Lipinski definition) is 7. The fraction of sp³-hybridized carbons (Fsp3) is 0.269. The van der Waals surface area contributed by atoms with Crippen LogP contribution in [0.5, 0.6) is 0 Å². The number of aromatic nitrogens is 3. The lowest BCUT2D eigenvalue weighted by Gasteiger charge is -2.18.